The molecule has 102 valence electrons. The summed E-state index contributed by atoms with van der Waals surface area (Å²) in [5.41, 5.74) is 6.20. The van der Waals surface area contributed by atoms with E-state index in [1.807, 2.05) is 11.9 Å². The van der Waals surface area contributed by atoms with Crippen LogP contribution in [0.5, 0.6) is 0 Å². The van der Waals surface area contributed by atoms with Crippen molar-refractivity contribution in [3.05, 3.63) is 47.2 Å². The summed E-state index contributed by atoms with van der Waals surface area (Å²) in [6.45, 7) is 1.25. The van der Waals surface area contributed by atoms with Crippen LogP contribution in [0.15, 0.2) is 28.8 Å². The van der Waals surface area contributed by atoms with E-state index in [4.69, 9.17) is 10.3 Å². The second-order valence-electron chi connectivity index (χ2n) is 4.45. The first kappa shape index (κ1) is 13.5. The van der Waals surface area contributed by atoms with Gasteiger partial charge in [-0.1, -0.05) is 11.2 Å². The first-order valence-electron chi connectivity index (χ1n) is 5.88. The highest BCUT2D eigenvalue weighted by Crippen LogP contribution is 2.11. The Morgan fingerprint density at radius 1 is 1.26 bits per heavy atom. The molecule has 19 heavy (non-hydrogen) atoms. The molecule has 0 aliphatic heterocycles. The summed E-state index contributed by atoms with van der Waals surface area (Å²) in [5.74, 6) is -0.619. The van der Waals surface area contributed by atoms with E-state index in [0.717, 1.165) is 11.6 Å². The van der Waals surface area contributed by atoms with Crippen LogP contribution in [0.2, 0.25) is 0 Å². The Morgan fingerprint density at radius 3 is 2.68 bits per heavy atom. The van der Waals surface area contributed by atoms with Crippen molar-refractivity contribution in [1.82, 2.24) is 10.1 Å². The normalized spacial score (nSPS) is 11.2. The predicted octanol–water partition coefficient (Wildman–Crippen LogP) is 2.21. The lowest BCUT2D eigenvalue weighted by Crippen LogP contribution is -2.20. The summed E-state index contributed by atoms with van der Waals surface area (Å²) in [4.78, 5) is 1.99. The van der Waals surface area contributed by atoms with Crippen molar-refractivity contribution in [2.45, 2.75) is 13.0 Å². The van der Waals surface area contributed by atoms with Crippen molar-refractivity contribution in [3.63, 3.8) is 0 Å². The smallest absolute Gasteiger partial charge is 0.167 e. The predicted molar refractivity (Wildman–Crippen MR) is 67.3 cm³/mol. The first-order valence-corrected chi connectivity index (χ1v) is 5.88. The van der Waals surface area contributed by atoms with E-state index < -0.39 is 11.6 Å². The molecule has 2 aromatic rings. The van der Waals surface area contributed by atoms with Crippen molar-refractivity contribution in [2.75, 3.05) is 19.3 Å². The number of hydrogen-bond donors (Lipinski definition) is 1. The first-order chi connectivity index (χ1) is 9.04. The summed E-state index contributed by atoms with van der Waals surface area (Å²) in [6, 6.07) is 5.60. The number of nitrogens with zero attached hydrogens (tertiary/aromatic N) is 2. The lowest BCUT2D eigenvalue weighted by molar-refractivity contribution is 0.275. The summed E-state index contributed by atoms with van der Waals surface area (Å²) >= 11 is 0. The summed E-state index contributed by atoms with van der Waals surface area (Å²) in [7, 11) is 1.90. The molecule has 0 atom stereocenters. The molecule has 0 saturated carbocycles. The molecule has 0 saturated heterocycles. The van der Waals surface area contributed by atoms with Crippen LogP contribution in [0, 0.1) is 11.6 Å². The standard InChI is InChI=1S/C13H15F2N3O/c1-18(8-10-7-13(16)17-19-10)5-4-9-2-3-11(14)12(15)6-9/h2-3,6-7H,4-5,8H2,1H3,(H2,16,17). The van der Waals surface area contributed by atoms with Crippen LogP contribution < -0.4 is 5.73 Å². The molecule has 1 heterocycles. The molecular weight excluding hydrogens is 252 g/mol. The zero-order valence-electron chi connectivity index (χ0n) is 10.6. The second-order valence-corrected chi connectivity index (χ2v) is 4.45. The lowest BCUT2D eigenvalue weighted by atomic mass is 10.1. The number of aromatic nitrogens is 1. The van der Waals surface area contributed by atoms with Gasteiger partial charge < -0.3 is 10.3 Å². The van der Waals surface area contributed by atoms with E-state index >= 15 is 0 Å². The van der Waals surface area contributed by atoms with Gasteiger partial charge in [-0.05, 0) is 31.2 Å². The fourth-order valence-corrected chi connectivity index (χ4v) is 1.76. The largest absolute Gasteiger partial charge is 0.381 e. The minimum absolute atomic E-state index is 0.351. The van der Waals surface area contributed by atoms with Crippen molar-refractivity contribution in [2.24, 2.45) is 0 Å². The van der Waals surface area contributed by atoms with Crippen molar-refractivity contribution in [1.29, 1.82) is 0 Å². The van der Waals surface area contributed by atoms with E-state index in [1.54, 1.807) is 12.1 Å². The quantitative estimate of drug-likeness (QED) is 0.902. The number of likely N-dealkylation sites (N-methyl/N-ethyl adjacent to an activating group) is 1. The van der Waals surface area contributed by atoms with Crippen molar-refractivity contribution in [3.8, 4) is 0 Å². The Hall–Kier alpha value is -1.95. The van der Waals surface area contributed by atoms with Gasteiger partial charge >= 0.3 is 0 Å². The number of hydrogen-bond acceptors (Lipinski definition) is 4. The summed E-state index contributed by atoms with van der Waals surface area (Å²) < 4.78 is 30.8. The van der Waals surface area contributed by atoms with Gasteiger partial charge in [0.25, 0.3) is 0 Å². The Labute approximate surface area is 109 Å². The number of halogens is 2. The van der Waals surface area contributed by atoms with Gasteiger partial charge in [0.15, 0.2) is 23.2 Å². The molecule has 1 aromatic heterocycles. The molecule has 0 unspecified atom stereocenters. The molecule has 0 radical (unpaired) electrons. The van der Waals surface area contributed by atoms with E-state index in [0.29, 0.717) is 31.1 Å². The molecule has 0 fully saturated rings. The number of nitrogen functional groups attached to an aromatic ring is 1. The van der Waals surface area contributed by atoms with Crippen LogP contribution in [0.25, 0.3) is 0 Å². The summed E-state index contributed by atoms with van der Waals surface area (Å²) in [5, 5.41) is 3.59. The second kappa shape index (κ2) is 5.79. The van der Waals surface area contributed by atoms with Gasteiger partial charge in [0, 0.05) is 12.6 Å². The zero-order valence-corrected chi connectivity index (χ0v) is 10.6. The van der Waals surface area contributed by atoms with Gasteiger partial charge in [-0.15, -0.1) is 0 Å². The van der Waals surface area contributed by atoms with Crippen LogP contribution in [-0.2, 0) is 13.0 Å². The highest BCUT2D eigenvalue weighted by atomic mass is 19.2. The number of anilines is 1. The number of benzene rings is 1. The SMILES string of the molecule is CN(CCc1ccc(F)c(F)c1)Cc1cc(N)no1. The molecule has 0 amide bonds. The highest BCUT2D eigenvalue weighted by molar-refractivity contribution is 5.26. The van der Waals surface area contributed by atoms with Gasteiger partial charge in [0.05, 0.1) is 6.54 Å². The molecule has 0 aliphatic carbocycles. The molecule has 1 aromatic carbocycles. The third-order valence-corrected chi connectivity index (χ3v) is 2.77. The van der Waals surface area contributed by atoms with Crippen molar-refractivity contribution < 1.29 is 13.3 Å². The van der Waals surface area contributed by atoms with Gasteiger partial charge in [-0.25, -0.2) is 8.78 Å². The maximum absolute atomic E-state index is 13.0. The maximum atomic E-state index is 13.0. The van der Waals surface area contributed by atoms with Crippen LogP contribution in [0.4, 0.5) is 14.6 Å². The highest BCUT2D eigenvalue weighted by Gasteiger charge is 2.07. The minimum Gasteiger partial charge on any atom is -0.381 e. The van der Waals surface area contributed by atoms with E-state index in [1.165, 1.54) is 6.07 Å². The van der Waals surface area contributed by atoms with Crippen LogP contribution in [0.1, 0.15) is 11.3 Å². The molecular formula is C13H15F2N3O. The average Bonchev–Trinajstić information content (AvgIpc) is 2.76. The van der Waals surface area contributed by atoms with Gasteiger partial charge in [0.1, 0.15) is 0 Å². The third-order valence-electron chi connectivity index (χ3n) is 2.77. The van der Waals surface area contributed by atoms with E-state index in [9.17, 15) is 8.78 Å². The lowest BCUT2D eigenvalue weighted by Gasteiger charge is -2.14. The van der Waals surface area contributed by atoms with Crippen LogP contribution >= 0.6 is 0 Å². The minimum atomic E-state index is -0.825. The number of nitrogens with two attached hydrogens (primary N) is 1. The molecule has 0 bridgehead atoms. The topological polar surface area (TPSA) is 55.3 Å². The number of rotatable bonds is 5. The molecule has 2 rings (SSSR count). The van der Waals surface area contributed by atoms with Crippen LogP contribution in [-0.4, -0.2) is 23.6 Å². The summed E-state index contributed by atoms with van der Waals surface area (Å²) in [6.07, 6.45) is 0.622. The van der Waals surface area contributed by atoms with E-state index in [-0.39, 0.29) is 0 Å². The van der Waals surface area contributed by atoms with Gasteiger partial charge in [-0.2, -0.15) is 0 Å². The molecule has 4 nitrogen and oxygen atoms in total. The molecule has 6 heteroatoms. The molecule has 0 aliphatic rings. The maximum Gasteiger partial charge on any atom is 0.167 e. The third kappa shape index (κ3) is 3.75. The Kier molecular flexibility index (Phi) is 4.11. The fourth-order valence-electron chi connectivity index (χ4n) is 1.76. The zero-order chi connectivity index (χ0) is 13.8. The van der Waals surface area contributed by atoms with Gasteiger partial charge in [-0.3, -0.25) is 4.90 Å². The molecule has 0 spiro atoms. The van der Waals surface area contributed by atoms with E-state index in [2.05, 4.69) is 5.16 Å². The monoisotopic (exact) mass is 267 g/mol. The van der Waals surface area contributed by atoms with Crippen LogP contribution in [0.3, 0.4) is 0 Å². The Balaban J connectivity index is 1.86. The average molecular weight is 267 g/mol. The van der Waals surface area contributed by atoms with Crippen molar-refractivity contribution >= 4 is 5.82 Å². The fraction of sp³-hybridized carbons (Fsp3) is 0.308. The Bertz CT molecular complexity index is 557. The van der Waals surface area contributed by atoms with Gasteiger partial charge in [0.2, 0.25) is 0 Å². The Morgan fingerprint density at radius 2 is 2.05 bits per heavy atom. The molecule has 2 N–H and O–H groups in total.